The van der Waals surface area contributed by atoms with Gasteiger partial charge in [0.25, 0.3) is 11.8 Å². The second kappa shape index (κ2) is 8.56. The lowest BCUT2D eigenvalue weighted by atomic mass is 10.1. The molecule has 1 aliphatic rings. The predicted octanol–water partition coefficient (Wildman–Crippen LogP) is 2.39. The topological polar surface area (TPSA) is 103 Å². The largest absolute Gasteiger partial charge is 0.497 e. The highest BCUT2D eigenvalue weighted by Gasteiger charge is 2.36. The van der Waals surface area contributed by atoms with Gasteiger partial charge in [-0.3, -0.25) is 14.9 Å². The zero-order chi connectivity index (χ0) is 21.8. The summed E-state index contributed by atoms with van der Waals surface area (Å²) in [7, 11) is 5.88. The van der Waals surface area contributed by atoms with E-state index in [2.05, 4.69) is 5.32 Å². The van der Waals surface area contributed by atoms with Gasteiger partial charge in [0.15, 0.2) is 11.5 Å². The normalized spacial score (nSPS) is 15.1. The van der Waals surface area contributed by atoms with E-state index in [1.54, 1.807) is 36.4 Å². The monoisotopic (exact) mass is 412 g/mol. The predicted molar refractivity (Wildman–Crippen MR) is 108 cm³/mol. The Morgan fingerprint density at radius 3 is 1.93 bits per heavy atom. The summed E-state index contributed by atoms with van der Waals surface area (Å²) in [5, 5.41) is 2.18. The van der Waals surface area contributed by atoms with E-state index in [1.807, 2.05) is 0 Å². The third kappa shape index (κ3) is 3.77. The molecule has 9 nitrogen and oxygen atoms in total. The van der Waals surface area contributed by atoms with Crippen molar-refractivity contribution < 1.29 is 33.3 Å². The molecule has 0 unspecified atom stereocenters. The molecular weight excluding hydrogens is 392 g/mol. The van der Waals surface area contributed by atoms with Crippen molar-refractivity contribution in [3.8, 4) is 23.0 Å². The number of barbiturate groups is 1. The van der Waals surface area contributed by atoms with E-state index in [0.29, 0.717) is 34.2 Å². The summed E-state index contributed by atoms with van der Waals surface area (Å²) in [5.41, 5.74) is 0.522. The van der Waals surface area contributed by atoms with Crippen LogP contribution in [0.2, 0.25) is 0 Å². The van der Waals surface area contributed by atoms with Crippen LogP contribution < -0.4 is 29.2 Å². The van der Waals surface area contributed by atoms with Crippen molar-refractivity contribution >= 4 is 29.6 Å². The molecule has 0 aromatic heterocycles. The smallest absolute Gasteiger partial charge is 0.335 e. The van der Waals surface area contributed by atoms with Crippen LogP contribution in [0, 0.1) is 0 Å². The van der Waals surface area contributed by atoms with Gasteiger partial charge < -0.3 is 18.9 Å². The van der Waals surface area contributed by atoms with Gasteiger partial charge in [-0.15, -0.1) is 0 Å². The summed E-state index contributed by atoms with van der Waals surface area (Å²) in [4.78, 5) is 38.6. The molecule has 0 spiro atoms. The fraction of sp³-hybridized carbons (Fsp3) is 0.190. The highest BCUT2D eigenvalue weighted by Crippen LogP contribution is 2.39. The molecular formula is C21H20N2O7. The van der Waals surface area contributed by atoms with Crippen LogP contribution in [0.3, 0.4) is 0 Å². The average Bonchev–Trinajstić information content (AvgIpc) is 2.76. The maximum absolute atomic E-state index is 13.0. The number of ether oxygens (including phenoxy) is 4. The Kier molecular flexibility index (Phi) is 5.91. The molecule has 2 aromatic carbocycles. The fourth-order valence-electron chi connectivity index (χ4n) is 2.97. The second-order valence-electron chi connectivity index (χ2n) is 6.11. The average molecular weight is 412 g/mol. The number of nitrogens with zero attached hydrogens (tertiary/aromatic N) is 1. The van der Waals surface area contributed by atoms with Crippen molar-refractivity contribution in [2.24, 2.45) is 0 Å². The van der Waals surface area contributed by atoms with Crippen LogP contribution in [0.5, 0.6) is 23.0 Å². The molecule has 0 bridgehead atoms. The van der Waals surface area contributed by atoms with E-state index in [0.717, 1.165) is 4.90 Å². The van der Waals surface area contributed by atoms with Crippen LogP contribution in [0.15, 0.2) is 42.0 Å². The highest BCUT2D eigenvalue weighted by atomic mass is 16.5. The number of carbonyl (C=O) groups excluding carboxylic acids is 3. The Hall–Kier alpha value is -4.01. The van der Waals surface area contributed by atoms with Crippen LogP contribution in [-0.2, 0) is 9.59 Å². The highest BCUT2D eigenvalue weighted by molar-refractivity contribution is 6.39. The van der Waals surface area contributed by atoms with Crippen LogP contribution in [0.1, 0.15) is 5.56 Å². The number of amides is 4. The summed E-state index contributed by atoms with van der Waals surface area (Å²) in [6.45, 7) is 0. The van der Waals surface area contributed by atoms with Gasteiger partial charge in [-0.1, -0.05) is 0 Å². The number of rotatable bonds is 6. The molecule has 2 aromatic rings. The molecule has 4 amide bonds. The first-order chi connectivity index (χ1) is 14.4. The minimum atomic E-state index is -0.836. The number of benzene rings is 2. The molecule has 0 saturated carbocycles. The number of imide groups is 2. The molecule has 1 fully saturated rings. The first-order valence-electron chi connectivity index (χ1n) is 8.79. The summed E-state index contributed by atoms with van der Waals surface area (Å²) >= 11 is 0. The molecule has 156 valence electrons. The molecule has 0 aliphatic carbocycles. The van der Waals surface area contributed by atoms with Crippen LogP contribution >= 0.6 is 0 Å². The first kappa shape index (κ1) is 20.7. The molecule has 9 heteroatoms. The zero-order valence-corrected chi connectivity index (χ0v) is 16.8. The number of urea groups is 1. The van der Waals surface area contributed by atoms with Crippen molar-refractivity contribution in [3.63, 3.8) is 0 Å². The zero-order valence-electron chi connectivity index (χ0n) is 16.8. The maximum Gasteiger partial charge on any atom is 0.335 e. The molecule has 1 saturated heterocycles. The Balaban J connectivity index is 2.04. The standard InChI is InChI=1S/C21H20N2O7/c1-27-14-7-5-13(6-8-14)23-20(25)15(19(24)22-21(23)26)9-12-10-16(28-2)18(30-4)17(11-12)29-3/h5-11H,1-4H3,(H,22,24,26)/b15-9+. The lowest BCUT2D eigenvalue weighted by molar-refractivity contribution is -0.122. The van der Waals surface area contributed by atoms with Crippen molar-refractivity contribution in [2.75, 3.05) is 33.3 Å². The minimum absolute atomic E-state index is 0.223. The molecule has 1 aliphatic heterocycles. The van der Waals surface area contributed by atoms with E-state index in [-0.39, 0.29) is 5.57 Å². The molecule has 1 N–H and O–H groups in total. The summed E-state index contributed by atoms with van der Waals surface area (Å²) in [6, 6.07) is 8.64. The summed E-state index contributed by atoms with van der Waals surface area (Å²) < 4.78 is 21.0. The second-order valence-corrected chi connectivity index (χ2v) is 6.11. The number of nitrogens with one attached hydrogen (secondary N) is 1. The molecule has 0 radical (unpaired) electrons. The van der Waals surface area contributed by atoms with Crippen molar-refractivity contribution in [1.29, 1.82) is 0 Å². The van der Waals surface area contributed by atoms with Crippen molar-refractivity contribution in [2.45, 2.75) is 0 Å². The van der Waals surface area contributed by atoms with Crippen LogP contribution in [0.4, 0.5) is 10.5 Å². The number of carbonyl (C=O) groups is 3. The minimum Gasteiger partial charge on any atom is -0.497 e. The first-order valence-corrected chi connectivity index (χ1v) is 8.79. The summed E-state index contributed by atoms with van der Waals surface area (Å²) in [5.74, 6) is 0.0848. The third-order valence-corrected chi connectivity index (χ3v) is 4.43. The molecule has 0 atom stereocenters. The van der Waals surface area contributed by atoms with Crippen molar-refractivity contribution in [1.82, 2.24) is 5.32 Å². The van der Waals surface area contributed by atoms with Crippen LogP contribution in [-0.4, -0.2) is 46.3 Å². The van der Waals surface area contributed by atoms with E-state index in [1.165, 1.54) is 34.5 Å². The molecule has 1 heterocycles. The van der Waals surface area contributed by atoms with E-state index in [4.69, 9.17) is 18.9 Å². The van der Waals surface area contributed by atoms with Gasteiger partial charge >= 0.3 is 6.03 Å². The van der Waals surface area contributed by atoms with Gasteiger partial charge in [-0.05, 0) is 48.0 Å². The summed E-state index contributed by atoms with van der Waals surface area (Å²) in [6.07, 6.45) is 1.35. The SMILES string of the molecule is COc1ccc(N2C(=O)NC(=O)/C(=C\c3cc(OC)c(OC)c(OC)c3)C2=O)cc1. The Morgan fingerprint density at radius 2 is 1.43 bits per heavy atom. The van der Waals surface area contributed by atoms with Gasteiger partial charge in [-0.2, -0.15) is 0 Å². The van der Waals surface area contributed by atoms with Gasteiger partial charge in [0.2, 0.25) is 5.75 Å². The molecule has 30 heavy (non-hydrogen) atoms. The van der Waals surface area contributed by atoms with E-state index < -0.39 is 17.8 Å². The number of hydrogen-bond acceptors (Lipinski definition) is 7. The Bertz CT molecular complexity index is 1000. The van der Waals surface area contributed by atoms with Crippen molar-refractivity contribution in [3.05, 3.63) is 47.5 Å². The fourth-order valence-corrected chi connectivity index (χ4v) is 2.97. The quantitative estimate of drug-likeness (QED) is 0.574. The van der Waals surface area contributed by atoms with Gasteiger partial charge in [-0.25, -0.2) is 9.69 Å². The number of methoxy groups -OCH3 is 4. The third-order valence-electron chi connectivity index (χ3n) is 4.43. The molecule has 3 rings (SSSR count). The Labute approximate surface area is 172 Å². The van der Waals surface area contributed by atoms with Crippen LogP contribution in [0.25, 0.3) is 6.08 Å². The van der Waals surface area contributed by atoms with Gasteiger partial charge in [0.1, 0.15) is 11.3 Å². The van der Waals surface area contributed by atoms with Gasteiger partial charge in [0.05, 0.1) is 34.1 Å². The Morgan fingerprint density at radius 1 is 0.833 bits per heavy atom. The maximum atomic E-state index is 13.0. The van der Waals surface area contributed by atoms with E-state index in [9.17, 15) is 14.4 Å². The lowest BCUT2D eigenvalue weighted by Crippen LogP contribution is -2.54. The lowest BCUT2D eigenvalue weighted by Gasteiger charge is -2.26. The van der Waals surface area contributed by atoms with Gasteiger partial charge in [0, 0.05) is 0 Å². The van der Waals surface area contributed by atoms with E-state index >= 15 is 0 Å². The number of anilines is 1. The number of hydrogen-bond donors (Lipinski definition) is 1.